The van der Waals surface area contributed by atoms with Crippen LogP contribution in [0.15, 0.2) is 12.1 Å². The first kappa shape index (κ1) is 11.1. The average Bonchev–Trinajstić information content (AvgIpc) is 2.89. The van der Waals surface area contributed by atoms with E-state index in [0.717, 1.165) is 26.1 Å². The average molecular weight is 226 g/mol. The fourth-order valence-electron chi connectivity index (χ4n) is 2.02. The molecule has 4 heteroatoms. The van der Waals surface area contributed by atoms with E-state index in [1.807, 2.05) is 11.3 Å². The Balaban J connectivity index is 2.10. The van der Waals surface area contributed by atoms with Crippen LogP contribution in [-0.2, 0) is 11.2 Å². The molecule has 0 aromatic carbocycles. The third-order valence-corrected chi connectivity index (χ3v) is 4.27. The van der Waals surface area contributed by atoms with E-state index in [9.17, 15) is 0 Å². The number of rotatable bonds is 4. The third kappa shape index (κ3) is 2.39. The Labute approximate surface area is 94.6 Å². The summed E-state index contributed by atoms with van der Waals surface area (Å²) < 4.78 is 5.40. The van der Waals surface area contributed by atoms with Crippen molar-refractivity contribution in [2.45, 2.75) is 25.8 Å². The molecule has 1 aromatic rings. The van der Waals surface area contributed by atoms with Crippen LogP contribution in [-0.4, -0.2) is 13.2 Å². The minimum Gasteiger partial charge on any atom is -0.381 e. The zero-order chi connectivity index (χ0) is 10.7. The molecule has 0 aliphatic carbocycles. The molecule has 1 saturated heterocycles. The molecule has 2 unspecified atom stereocenters. The number of nitrogens with one attached hydrogen (secondary N) is 1. The van der Waals surface area contributed by atoms with E-state index in [2.05, 4.69) is 24.5 Å². The zero-order valence-corrected chi connectivity index (χ0v) is 9.85. The monoisotopic (exact) mass is 226 g/mol. The molecular weight excluding hydrogens is 208 g/mol. The zero-order valence-electron chi connectivity index (χ0n) is 9.03. The van der Waals surface area contributed by atoms with Crippen molar-refractivity contribution >= 4 is 11.3 Å². The SMILES string of the molecule is CCc1ccc(C(NN)C2CCOC2)s1. The second-order valence-electron chi connectivity index (χ2n) is 3.93. The number of hydrazine groups is 1. The van der Waals surface area contributed by atoms with Crippen molar-refractivity contribution in [1.82, 2.24) is 5.43 Å². The lowest BCUT2D eigenvalue weighted by atomic mass is 9.98. The summed E-state index contributed by atoms with van der Waals surface area (Å²) >= 11 is 1.85. The van der Waals surface area contributed by atoms with Crippen LogP contribution in [0.4, 0.5) is 0 Å². The van der Waals surface area contributed by atoms with Crippen molar-refractivity contribution in [3.63, 3.8) is 0 Å². The van der Waals surface area contributed by atoms with Crippen molar-refractivity contribution in [3.8, 4) is 0 Å². The number of aryl methyl sites for hydroxylation is 1. The highest BCUT2D eigenvalue weighted by molar-refractivity contribution is 7.12. The second kappa shape index (κ2) is 5.07. The van der Waals surface area contributed by atoms with Gasteiger partial charge < -0.3 is 4.74 Å². The molecule has 1 aliphatic rings. The first-order valence-corrected chi connectivity index (χ1v) is 6.29. The molecule has 3 nitrogen and oxygen atoms in total. The Kier molecular flexibility index (Phi) is 3.75. The molecule has 2 heterocycles. The van der Waals surface area contributed by atoms with Gasteiger partial charge in [-0.3, -0.25) is 11.3 Å². The van der Waals surface area contributed by atoms with Gasteiger partial charge in [0.05, 0.1) is 12.6 Å². The fourth-order valence-corrected chi connectivity index (χ4v) is 3.12. The Morgan fingerprint density at radius 2 is 2.53 bits per heavy atom. The van der Waals surface area contributed by atoms with E-state index >= 15 is 0 Å². The van der Waals surface area contributed by atoms with Crippen LogP contribution in [0.2, 0.25) is 0 Å². The first-order valence-electron chi connectivity index (χ1n) is 5.47. The summed E-state index contributed by atoms with van der Waals surface area (Å²) in [5.41, 5.74) is 2.93. The molecule has 0 bridgehead atoms. The van der Waals surface area contributed by atoms with Gasteiger partial charge in [-0.15, -0.1) is 11.3 Å². The Morgan fingerprint density at radius 3 is 3.07 bits per heavy atom. The molecule has 15 heavy (non-hydrogen) atoms. The molecule has 0 amide bonds. The normalized spacial score (nSPS) is 23.2. The fraction of sp³-hybridized carbons (Fsp3) is 0.636. The van der Waals surface area contributed by atoms with Gasteiger partial charge in [0.2, 0.25) is 0 Å². The van der Waals surface area contributed by atoms with Crippen molar-refractivity contribution in [1.29, 1.82) is 0 Å². The highest BCUT2D eigenvalue weighted by atomic mass is 32.1. The van der Waals surface area contributed by atoms with Gasteiger partial charge in [-0.1, -0.05) is 6.92 Å². The largest absolute Gasteiger partial charge is 0.381 e. The Morgan fingerprint density at radius 1 is 1.67 bits per heavy atom. The molecule has 0 radical (unpaired) electrons. The molecule has 1 aromatic heterocycles. The maximum Gasteiger partial charge on any atom is 0.0604 e. The van der Waals surface area contributed by atoms with Crippen molar-refractivity contribution in [2.75, 3.05) is 13.2 Å². The van der Waals surface area contributed by atoms with Gasteiger partial charge in [0.15, 0.2) is 0 Å². The van der Waals surface area contributed by atoms with Gasteiger partial charge in [0.1, 0.15) is 0 Å². The van der Waals surface area contributed by atoms with E-state index < -0.39 is 0 Å². The van der Waals surface area contributed by atoms with Crippen molar-refractivity contribution in [3.05, 3.63) is 21.9 Å². The van der Waals surface area contributed by atoms with Crippen LogP contribution in [0, 0.1) is 5.92 Å². The van der Waals surface area contributed by atoms with E-state index in [4.69, 9.17) is 10.6 Å². The summed E-state index contributed by atoms with van der Waals surface area (Å²) in [6.07, 6.45) is 2.21. The lowest BCUT2D eigenvalue weighted by Crippen LogP contribution is -2.33. The first-order chi connectivity index (χ1) is 7.35. The number of thiophene rings is 1. The Hall–Kier alpha value is -0.420. The summed E-state index contributed by atoms with van der Waals surface area (Å²) in [5.74, 6) is 6.16. The lowest BCUT2D eigenvalue weighted by molar-refractivity contribution is 0.177. The predicted molar refractivity (Wildman–Crippen MR) is 62.7 cm³/mol. The molecule has 1 fully saturated rings. The molecule has 0 spiro atoms. The summed E-state index contributed by atoms with van der Waals surface area (Å²) in [5, 5.41) is 0. The lowest BCUT2D eigenvalue weighted by Gasteiger charge is -2.19. The minimum absolute atomic E-state index is 0.262. The molecule has 2 rings (SSSR count). The highest BCUT2D eigenvalue weighted by Gasteiger charge is 2.27. The quantitative estimate of drug-likeness (QED) is 0.608. The maximum absolute atomic E-state index is 5.64. The highest BCUT2D eigenvalue weighted by Crippen LogP contribution is 2.32. The summed E-state index contributed by atoms with van der Waals surface area (Å²) in [6.45, 7) is 3.88. The van der Waals surface area contributed by atoms with E-state index in [1.165, 1.54) is 9.75 Å². The smallest absolute Gasteiger partial charge is 0.0604 e. The van der Waals surface area contributed by atoms with Crippen LogP contribution in [0.25, 0.3) is 0 Å². The van der Waals surface area contributed by atoms with Crippen molar-refractivity contribution < 1.29 is 4.74 Å². The van der Waals surface area contributed by atoms with E-state index in [1.54, 1.807) is 0 Å². The standard InChI is InChI=1S/C11H18N2OS/c1-2-9-3-4-10(15-9)11(13-12)8-5-6-14-7-8/h3-4,8,11,13H,2,5-7,12H2,1H3. The van der Waals surface area contributed by atoms with Crippen LogP contribution >= 0.6 is 11.3 Å². The van der Waals surface area contributed by atoms with Gasteiger partial charge in [0.25, 0.3) is 0 Å². The van der Waals surface area contributed by atoms with E-state index in [0.29, 0.717) is 5.92 Å². The molecule has 1 aliphatic heterocycles. The van der Waals surface area contributed by atoms with Gasteiger partial charge in [-0.25, -0.2) is 0 Å². The van der Waals surface area contributed by atoms with Crippen LogP contribution < -0.4 is 11.3 Å². The maximum atomic E-state index is 5.64. The third-order valence-electron chi connectivity index (χ3n) is 2.95. The molecule has 0 saturated carbocycles. The predicted octanol–water partition coefficient (Wildman–Crippen LogP) is 1.85. The topological polar surface area (TPSA) is 47.3 Å². The van der Waals surface area contributed by atoms with Gasteiger partial charge in [-0.05, 0) is 25.0 Å². The Bertz CT molecular complexity index is 307. The van der Waals surface area contributed by atoms with Gasteiger partial charge >= 0.3 is 0 Å². The van der Waals surface area contributed by atoms with Gasteiger partial charge in [-0.2, -0.15) is 0 Å². The van der Waals surface area contributed by atoms with Crippen LogP contribution in [0.5, 0.6) is 0 Å². The number of ether oxygens (including phenoxy) is 1. The number of nitrogens with two attached hydrogens (primary N) is 1. The second-order valence-corrected chi connectivity index (χ2v) is 5.13. The molecule has 2 atom stereocenters. The van der Waals surface area contributed by atoms with Crippen molar-refractivity contribution in [2.24, 2.45) is 11.8 Å². The summed E-state index contributed by atoms with van der Waals surface area (Å²) in [4.78, 5) is 2.76. The number of hydrogen-bond donors (Lipinski definition) is 2. The molecule has 3 N–H and O–H groups in total. The van der Waals surface area contributed by atoms with Crippen LogP contribution in [0.3, 0.4) is 0 Å². The summed E-state index contributed by atoms with van der Waals surface area (Å²) in [6, 6.07) is 4.64. The summed E-state index contributed by atoms with van der Waals surface area (Å²) in [7, 11) is 0. The minimum atomic E-state index is 0.262. The molecular formula is C11H18N2OS. The molecule has 84 valence electrons. The number of hydrogen-bond acceptors (Lipinski definition) is 4. The van der Waals surface area contributed by atoms with E-state index in [-0.39, 0.29) is 6.04 Å². The van der Waals surface area contributed by atoms with Gasteiger partial charge in [0, 0.05) is 22.3 Å². The van der Waals surface area contributed by atoms with Crippen LogP contribution in [0.1, 0.15) is 29.1 Å².